The van der Waals surface area contributed by atoms with Crippen LogP contribution in [-0.2, 0) is 0 Å². The van der Waals surface area contributed by atoms with Gasteiger partial charge in [0.05, 0.1) is 6.67 Å². The Labute approximate surface area is 146 Å². The maximum atomic E-state index is 13.1. The van der Waals surface area contributed by atoms with Gasteiger partial charge in [0.2, 0.25) is 0 Å². The lowest BCUT2D eigenvalue weighted by Crippen LogP contribution is -2.33. The minimum absolute atomic E-state index is 0.0803. The number of carbonyl (C=O) groups is 1. The number of hydrogen-bond acceptors (Lipinski definition) is 4. The van der Waals surface area contributed by atoms with E-state index in [1.807, 2.05) is 0 Å². The molecular weight excluding hydrogens is 404 g/mol. The van der Waals surface area contributed by atoms with Gasteiger partial charge >= 0.3 is 22.5 Å². The van der Waals surface area contributed by atoms with Crippen LogP contribution in [0.15, 0.2) is 24.3 Å². The summed E-state index contributed by atoms with van der Waals surface area (Å²) in [6, 6.07) is 3.62. The molecule has 1 aliphatic heterocycles. The molecule has 0 radical (unpaired) electrons. The summed E-state index contributed by atoms with van der Waals surface area (Å²) in [5.41, 5.74) is 2.71. The lowest BCUT2D eigenvalue weighted by Gasteiger charge is -2.19. The van der Waals surface area contributed by atoms with Gasteiger partial charge in [-0.15, -0.1) is 0 Å². The first kappa shape index (κ1) is 19.2. The number of hydrazine groups is 1. The van der Waals surface area contributed by atoms with Gasteiger partial charge in [-0.1, -0.05) is 23.2 Å². The second-order valence-corrected chi connectivity index (χ2v) is 7.11. The van der Waals surface area contributed by atoms with Gasteiger partial charge < -0.3 is 4.74 Å². The van der Waals surface area contributed by atoms with Crippen molar-refractivity contribution < 1.29 is 31.5 Å². The summed E-state index contributed by atoms with van der Waals surface area (Å²) in [6.07, 6.45) is -8.62. The topological polar surface area (TPSA) is 44.8 Å². The second kappa shape index (κ2) is 6.98. The van der Waals surface area contributed by atoms with Gasteiger partial charge in [-0.3, -0.25) is 4.90 Å². The van der Waals surface area contributed by atoms with Crippen molar-refractivity contribution in [2.45, 2.75) is 16.5 Å². The van der Waals surface area contributed by atoms with E-state index in [4.69, 9.17) is 23.2 Å². The molecule has 2 amide bonds. The standard InChI is InChI=1S/C11H8Cl2F5N3O2S/c12-11(13,18)24-21-9(22)20(5-19-21)6-1-3-7(4-2-6)23-10(16,17)8(14)15/h1-4,8,19H,5H2. The Morgan fingerprint density at radius 3 is 2.29 bits per heavy atom. The van der Waals surface area contributed by atoms with E-state index in [9.17, 15) is 26.7 Å². The predicted octanol–water partition coefficient (Wildman–Crippen LogP) is 4.33. The van der Waals surface area contributed by atoms with Gasteiger partial charge in [-0.25, -0.2) is 4.79 Å². The van der Waals surface area contributed by atoms with E-state index in [0.29, 0.717) is 0 Å². The first-order valence-electron chi connectivity index (χ1n) is 6.05. The second-order valence-electron chi connectivity index (χ2n) is 4.32. The summed E-state index contributed by atoms with van der Waals surface area (Å²) in [7, 11) is 0. The summed E-state index contributed by atoms with van der Waals surface area (Å²) in [4.78, 5) is 13.1. The average molecular weight is 412 g/mol. The number of carbonyl (C=O) groups excluding carboxylic acids is 1. The Kier molecular flexibility index (Phi) is 5.57. The summed E-state index contributed by atoms with van der Waals surface area (Å²) in [5, 5.41) is 0. The minimum Gasteiger partial charge on any atom is -0.428 e. The van der Waals surface area contributed by atoms with Crippen LogP contribution in [0.4, 0.5) is 32.4 Å². The fraction of sp³-hybridized carbons (Fsp3) is 0.364. The van der Waals surface area contributed by atoms with Gasteiger partial charge in [0.15, 0.2) is 0 Å². The highest BCUT2D eigenvalue weighted by atomic mass is 35.5. The van der Waals surface area contributed by atoms with Crippen molar-refractivity contribution >= 4 is 46.9 Å². The molecule has 0 atom stereocenters. The number of nitrogens with one attached hydrogen (secondary N) is 1. The number of ether oxygens (including phenoxy) is 1. The monoisotopic (exact) mass is 411 g/mol. The van der Waals surface area contributed by atoms with E-state index in [0.717, 1.165) is 21.4 Å². The van der Waals surface area contributed by atoms with Crippen LogP contribution in [0, 0.1) is 0 Å². The van der Waals surface area contributed by atoms with Crippen LogP contribution in [0.2, 0.25) is 0 Å². The van der Waals surface area contributed by atoms with Crippen LogP contribution in [0.1, 0.15) is 0 Å². The number of hydrogen-bond donors (Lipinski definition) is 1. The molecule has 134 valence electrons. The number of nitrogens with zero attached hydrogens (tertiary/aromatic N) is 2. The minimum atomic E-state index is -4.63. The molecule has 1 aromatic carbocycles. The van der Waals surface area contributed by atoms with Crippen LogP contribution in [0.5, 0.6) is 5.75 Å². The van der Waals surface area contributed by atoms with E-state index >= 15 is 0 Å². The third-order valence-corrected chi connectivity index (χ3v) is 3.72. The number of amides is 2. The van der Waals surface area contributed by atoms with Gasteiger partial charge in [0.25, 0.3) is 0 Å². The number of alkyl halides is 7. The third-order valence-electron chi connectivity index (χ3n) is 2.63. The molecule has 1 heterocycles. The van der Waals surface area contributed by atoms with Gasteiger partial charge in [0.1, 0.15) is 5.75 Å². The molecule has 0 bridgehead atoms. The molecule has 1 aromatic rings. The lowest BCUT2D eigenvalue weighted by atomic mass is 10.3. The molecule has 0 unspecified atom stereocenters. The van der Waals surface area contributed by atoms with Crippen LogP contribution in [-0.4, -0.2) is 33.6 Å². The maximum Gasteiger partial charge on any atom is 0.461 e. The fourth-order valence-corrected chi connectivity index (χ4v) is 2.57. The Bertz CT molecular complexity index is 602. The van der Waals surface area contributed by atoms with Crippen molar-refractivity contribution in [3.63, 3.8) is 0 Å². The van der Waals surface area contributed by atoms with Crippen molar-refractivity contribution in [2.24, 2.45) is 0 Å². The highest BCUT2D eigenvalue weighted by Gasteiger charge is 2.44. The molecule has 0 saturated carbocycles. The molecule has 5 nitrogen and oxygen atoms in total. The van der Waals surface area contributed by atoms with Crippen molar-refractivity contribution in [1.82, 2.24) is 9.84 Å². The predicted molar refractivity (Wildman–Crippen MR) is 78.9 cm³/mol. The first-order valence-corrected chi connectivity index (χ1v) is 7.58. The van der Waals surface area contributed by atoms with Crippen LogP contribution >= 0.6 is 35.1 Å². The Hall–Kier alpha value is -1.17. The molecule has 1 fully saturated rings. The number of anilines is 1. The Morgan fingerprint density at radius 1 is 1.21 bits per heavy atom. The largest absolute Gasteiger partial charge is 0.461 e. The molecule has 1 N–H and O–H groups in total. The van der Waals surface area contributed by atoms with Crippen LogP contribution < -0.4 is 15.1 Å². The summed E-state index contributed by atoms with van der Waals surface area (Å²) in [5.74, 6) is -0.515. The molecule has 0 aromatic heterocycles. The van der Waals surface area contributed by atoms with Crippen molar-refractivity contribution in [2.75, 3.05) is 11.6 Å². The number of halogens is 7. The molecule has 2 rings (SSSR count). The number of benzene rings is 1. The van der Waals surface area contributed by atoms with E-state index in [1.165, 1.54) is 12.1 Å². The third kappa shape index (κ3) is 4.68. The average Bonchev–Trinajstić information content (AvgIpc) is 2.79. The Morgan fingerprint density at radius 2 is 1.79 bits per heavy atom. The number of urea groups is 1. The summed E-state index contributed by atoms with van der Waals surface area (Å²) >= 11 is 10.5. The van der Waals surface area contributed by atoms with E-state index in [1.54, 1.807) is 0 Å². The smallest absolute Gasteiger partial charge is 0.428 e. The number of rotatable bonds is 6. The molecular formula is C11H8Cl2F5N3O2S. The van der Waals surface area contributed by atoms with Gasteiger partial charge in [0, 0.05) is 17.6 Å². The molecule has 1 saturated heterocycles. The zero-order chi connectivity index (χ0) is 18.1. The van der Waals surface area contributed by atoms with E-state index < -0.39 is 28.2 Å². The molecule has 0 spiro atoms. The summed E-state index contributed by atoms with van der Waals surface area (Å²) < 4.78 is 64.7. The molecule has 0 aliphatic carbocycles. The zero-order valence-electron chi connectivity index (χ0n) is 11.4. The summed E-state index contributed by atoms with van der Waals surface area (Å²) in [6.45, 7) is -0.0803. The lowest BCUT2D eigenvalue weighted by molar-refractivity contribution is -0.253. The molecule has 24 heavy (non-hydrogen) atoms. The molecule has 1 aliphatic rings. The van der Waals surface area contributed by atoms with E-state index in [2.05, 4.69) is 10.2 Å². The van der Waals surface area contributed by atoms with Gasteiger partial charge in [-0.2, -0.15) is 31.8 Å². The fourth-order valence-electron chi connectivity index (χ4n) is 1.65. The molecule has 13 heteroatoms. The maximum absolute atomic E-state index is 13.1. The van der Waals surface area contributed by atoms with Crippen LogP contribution in [0.3, 0.4) is 0 Å². The van der Waals surface area contributed by atoms with Crippen molar-refractivity contribution in [1.29, 1.82) is 0 Å². The van der Waals surface area contributed by atoms with Crippen LogP contribution in [0.25, 0.3) is 0 Å². The zero-order valence-corrected chi connectivity index (χ0v) is 13.7. The van der Waals surface area contributed by atoms with Gasteiger partial charge in [-0.05, 0) is 24.3 Å². The van der Waals surface area contributed by atoms with E-state index in [-0.39, 0.29) is 24.3 Å². The highest BCUT2D eigenvalue weighted by Crippen LogP contribution is 2.39. The normalized spacial score (nSPS) is 16.2. The Balaban J connectivity index is 2.05. The highest BCUT2D eigenvalue weighted by molar-refractivity contribution is 8.01. The SMILES string of the molecule is O=C1N(SC(F)(Cl)Cl)NCN1c1ccc(OC(F)(F)C(F)F)cc1. The first-order chi connectivity index (χ1) is 11.0. The van der Waals surface area contributed by atoms with Crippen molar-refractivity contribution in [3.8, 4) is 5.75 Å². The van der Waals surface area contributed by atoms with Crippen molar-refractivity contribution in [3.05, 3.63) is 24.3 Å². The quantitative estimate of drug-likeness (QED) is 0.429.